The van der Waals surface area contributed by atoms with Crippen LogP contribution in [-0.4, -0.2) is 90.2 Å². The van der Waals surface area contributed by atoms with Gasteiger partial charge in [-0.05, 0) is 69.7 Å². The Labute approximate surface area is 270 Å². The number of aryl methyl sites for hydroxylation is 1. The standard InChI is InChI=1S/C31H41N5O9S/c1-17-15-27(39)45-24-16-20(8-9-21(17)24)34-29(41)22(12-14-46-5)35-30(42)23-7-6-13-36(23)31(43)19(3)33-28(40)18(2)32-25(37)10-11-26(38)44-4/h8-9,15-16,18-19,22-23H,6-7,10-14H2,1-5H3,(H,32,37)(H,33,40)(H,34,41)(H,35,42)/t18-,19-,22-,23-/m0/s1. The predicted octanol–water partition coefficient (Wildman–Crippen LogP) is 1.23. The van der Waals surface area contributed by atoms with Gasteiger partial charge in [-0.25, -0.2) is 4.79 Å². The number of anilines is 1. The number of benzene rings is 1. The fraction of sp³-hybridized carbons (Fsp3) is 0.516. The van der Waals surface area contributed by atoms with Crippen LogP contribution in [0.15, 0.2) is 33.5 Å². The topological polar surface area (TPSA) is 193 Å². The van der Waals surface area contributed by atoms with E-state index in [1.807, 2.05) is 6.26 Å². The molecular weight excluding hydrogens is 618 g/mol. The van der Waals surface area contributed by atoms with E-state index >= 15 is 0 Å². The number of hydrogen-bond donors (Lipinski definition) is 4. The number of methoxy groups -OCH3 is 1. The van der Waals surface area contributed by atoms with Crippen LogP contribution in [0.1, 0.15) is 51.5 Å². The molecule has 46 heavy (non-hydrogen) atoms. The zero-order valence-corrected chi connectivity index (χ0v) is 27.4. The normalized spacial score (nSPS) is 16.2. The van der Waals surface area contributed by atoms with Gasteiger partial charge in [0, 0.05) is 36.2 Å². The molecule has 2 aromatic rings. The number of amides is 5. The molecule has 1 aliphatic heterocycles. The highest BCUT2D eigenvalue weighted by Crippen LogP contribution is 2.22. The molecule has 1 aromatic heterocycles. The molecule has 5 amide bonds. The van der Waals surface area contributed by atoms with Crippen molar-refractivity contribution in [1.29, 1.82) is 0 Å². The SMILES string of the molecule is COC(=O)CCC(=O)N[C@@H](C)C(=O)N[C@@H](C)C(=O)N1CCC[C@H]1C(=O)N[C@@H](CCSC)C(=O)Nc1ccc2c(C)cc(=O)oc2c1. The summed E-state index contributed by atoms with van der Waals surface area (Å²) in [5, 5.41) is 11.4. The van der Waals surface area contributed by atoms with Gasteiger partial charge in [0.1, 0.15) is 29.8 Å². The van der Waals surface area contributed by atoms with Crippen molar-refractivity contribution in [3.63, 3.8) is 0 Å². The molecule has 15 heteroatoms. The van der Waals surface area contributed by atoms with Crippen LogP contribution in [0.5, 0.6) is 0 Å². The molecule has 0 spiro atoms. The summed E-state index contributed by atoms with van der Waals surface area (Å²) in [6, 6.07) is 2.64. The maximum absolute atomic E-state index is 13.4. The summed E-state index contributed by atoms with van der Waals surface area (Å²) in [4.78, 5) is 89.2. The van der Waals surface area contributed by atoms with Crippen molar-refractivity contribution >= 4 is 63.9 Å². The molecule has 3 rings (SSSR count). The van der Waals surface area contributed by atoms with Gasteiger partial charge in [-0.3, -0.25) is 28.8 Å². The minimum Gasteiger partial charge on any atom is -0.469 e. The molecule has 2 heterocycles. The third kappa shape index (κ3) is 9.80. The maximum Gasteiger partial charge on any atom is 0.336 e. The molecule has 0 saturated carbocycles. The van der Waals surface area contributed by atoms with E-state index in [1.54, 1.807) is 25.1 Å². The number of carbonyl (C=O) groups excluding carboxylic acids is 6. The van der Waals surface area contributed by atoms with E-state index < -0.39 is 65.3 Å². The second-order valence-corrected chi connectivity index (χ2v) is 12.1. The van der Waals surface area contributed by atoms with Gasteiger partial charge in [-0.1, -0.05) is 0 Å². The summed E-state index contributed by atoms with van der Waals surface area (Å²) < 4.78 is 9.77. The number of ether oxygens (including phenoxy) is 1. The summed E-state index contributed by atoms with van der Waals surface area (Å²) in [7, 11) is 1.21. The molecule has 250 valence electrons. The minimum atomic E-state index is -0.998. The minimum absolute atomic E-state index is 0.132. The number of carbonyl (C=O) groups is 6. The number of esters is 1. The number of likely N-dealkylation sites (tertiary alicyclic amines) is 1. The largest absolute Gasteiger partial charge is 0.469 e. The van der Waals surface area contributed by atoms with Crippen LogP contribution in [0.25, 0.3) is 11.0 Å². The summed E-state index contributed by atoms with van der Waals surface area (Å²) in [6.07, 6.45) is 2.86. The Kier molecular flexibility index (Phi) is 13.2. The molecular formula is C31H41N5O9S. The number of nitrogens with one attached hydrogen (secondary N) is 4. The zero-order chi connectivity index (χ0) is 34.0. The molecule has 0 bridgehead atoms. The van der Waals surface area contributed by atoms with E-state index in [9.17, 15) is 33.6 Å². The summed E-state index contributed by atoms with van der Waals surface area (Å²) >= 11 is 1.51. The second kappa shape index (κ2) is 16.8. The second-order valence-electron chi connectivity index (χ2n) is 11.1. The maximum atomic E-state index is 13.4. The van der Waals surface area contributed by atoms with Crippen LogP contribution in [0, 0.1) is 6.92 Å². The molecule has 14 nitrogen and oxygen atoms in total. The summed E-state index contributed by atoms with van der Waals surface area (Å²) in [5.74, 6) is -2.53. The predicted molar refractivity (Wildman–Crippen MR) is 172 cm³/mol. The van der Waals surface area contributed by atoms with Crippen LogP contribution in [0.3, 0.4) is 0 Å². The Hall–Kier alpha value is -4.40. The Morgan fingerprint density at radius 2 is 1.76 bits per heavy atom. The highest BCUT2D eigenvalue weighted by atomic mass is 32.2. The first-order valence-corrected chi connectivity index (χ1v) is 16.4. The average Bonchev–Trinajstić information content (AvgIpc) is 3.51. The number of thioether (sulfide) groups is 1. The first-order chi connectivity index (χ1) is 21.8. The van der Waals surface area contributed by atoms with Crippen molar-refractivity contribution in [2.45, 2.75) is 77.0 Å². The van der Waals surface area contributed by atoms with E-state index in [0.29, 0.717) is 42.8 Å². The smallest absolute Gasteiger partial charge is 0.336 e. The van der Waals surface area contributed by atoms with E-state index in [4.69, 9.17) is 4.42 Å². The van der Waals surface area contributed by atoms with Crippen LogP contribution in [0.2, 0.25) is 0 Å². The van der Waals surface area contributed by atoms with Crippen molar-refractivity contribution in [2.24, 2.45) is 0 Å². The third-order valence-electron chi connectivity index (χ3n) is 7.58. The molecule has 0 unspecified atom stereocenters. The monoisotopic (exact) mass is 659 g/mol. The van der Waals surface area contributed by atoms with Crippen molar-refractivity contribution in [2.75, 3.05) is 31.0 Å². The lowest BCUT2D eigenvalue weighted by Gasteiger charge is -2.29. The lowest BCUT2D eigenvalue weighted by Crippen LogP contribution is -2.56. The van der Waals surface area contributed by atoms with Gasteiger partial charge in [-0.2, -0.15) is 11.8 Å². The average molecular weight is 660 g/mol. The summed E-state index contributed by atoms with van der Waals surface area (Å²) in [5.41, 5.74) is 0.958. The Bertz CT molecular complexity index is 1530. The van der Waals surface area contributed by atoms with E-state index in [1.165, 1.54) is 43.7 Å². The Morgan fingerprint density at radius 1 is 1.02 bits per heavy atom. The van der Waals surface area contributed by atoms with Gasteiger partial charge in [0.05, 0.1) is 13.5 Å². The van der Waals surface area contributed by atoms with Gasteiger partial charge in [0.15, 0.2) is 0 Å². The first-order valence-electron chi connectivity index (χ1n) is 15.0. The Balaban J connectivity index is 1.62. The van der Waals surface area contributed by atoms with Crippen LogP contribution < -0.4 is 26.9 Å². The number of nitrogens with zero attached hydrogens (tertiary/aromatic N) is 1. The molecule has 4 N–H and O–H groups in total. The molecule has 1 aliphatic rings. The van der Waals surface area contributed by atoms with E-state index in [0.717, 1.165) is 10.9 Å². The number of hydrogen-bond acceptors (Lipinski definition) is 10. The molecule has 4 atom stereocenters. The van der Waals surface area contributed by atoms with E-state index in [-0.39, 0.29) is 12.8 Å². The van der Waals surface area contributed by atoms with Crippen LogP contribution in [-0.2, 0) is 33.5 Å². The highest BCUT2D eigenvalue weighted by Gasteiger charge is 2.38. The van der Waals surface area contributed by atoms with Gasteiger partial charge >= 0.3 is 11.6 Å². The van der Waals surface area contributed by atoms with Crippen molar-refractivity contribution < 1.29 is 37.9 Å². The van der Waals surface area contributed by atoms with Crippen LogP contribution >= 0.6 is 11.8 Å². The fourth-order valence-electron chi connectivity index (χ4n) is 5.05. The van der Waals surface area contributed by atoms with Crippen molar-refractivity contribution in [3.8, 4) is 0 Å². The molecule has 1 aromatic carbocycles. The fourth-order valence-corrected chi connectivity index (χ4v) is 5.52. The van der Waals surface area contributed by atoms with Gasteiger partial charge in [0.25, 0.3) is 0 Å². The highest BCUT2D eigenvalue weighted by molar-refractivity contribution is 7.98. The quantitative estimate of drug-likeness (QED) is 0.169. The van der Waals surface area contributed by atoms with Gasteiger partial charge in [-0.15, -0.1) is 0 Å². The third-order valence-corrected chi connectivity index (χ3v) is 8.23. The van der Waals surface area contributed by atoms with Gasteiger partial charge in [0.2, 0.25) is 29.5 Å². The molecule has 0 radical (unpaired) electrons. The van der Waals surface area contributed by atoms with Gasteiger partial charge < -0.3 is 35.3 Å². The van der Waals surface area contributed by atoms with Crippen LogP contribution in [0.4, 0.5) is 5.69 Å². The summed E-state index contributed by atoms with van der Waals surface area (Å²) in [6.45, 7) is 5.01. The van der Waals surface area contributed by atoms with E-state index in [2.05, 4.69) is 26.0 Å². The molecule has 1 saturated heterocycles. The lowest BCUT2D eigenvalue weighted by atomic mass is 10.1. The zero-order valence-electron chi connectivity index (χ0n) is 26.6. The first kappa shape index (κ1) is 36.1. The Morgan fingerprint density at radius 3 is 2.46 bits per heavy atom. The molecule has 0 aliphatic carbocycles. The number of rotatable bonds is 14. The van der Waals surface area contributed by atoms with Crippen molar-refractivity contribution in [3.05, 3.63) is 40.2 Å². The molecule has 1 fully saturated rings. The number of fused-ring (bicyclic) bond motifs is 1. The lowest BCUT2D eigenvalue weighted by molar-refractivity contribution is -0.142. The van der Waals surface area contributed by atoms with Crippen molar-refractivity contribution in [1.82, 2.24) is 20.9 Å².